The van der Waals surface area contributed by atoms with Crippen molar-refractivity contribution in [2.75, 3.05) is 12.4 Å². The number of anilines is 1. The minimum Gasteiger partial charge on any atom is -0.497 e. The monoisotopic (exact) mass is 412 g/mol. The van der Waals surface area contributed by atoms with Crippen LogP contribution in [0, 0.1) is 12.8 Å². The maximum absolute atomic E-state index is 12.8. The van der Waals surface area contributed by atoms with Gasteiger partial charge in [0.25, 0.3) is 0 Å². The molecule has 1 N–H and O–H groups in total. The number of methoxy groups -OCH3 is 1. The highest BCUT2D eigenvalue weighted by atomic mass is 32.1. The largest absolute Gasteiger partial charge is 0.497 e. The molecule has 0 aliphatic carbocycles. The fraction of sp³-hybridized carbons (Fsp3) is 0.409. The molecule has 0 bridgehead atoms. The van der Waals surface area contributed by atoms with Crippen molar-refractivity contribution in [3.8, 4) is 22.1 Å². The highest BCUT2D eigenvalue weighted by Gasteiger charge is 2.20. The van der Waals surface area contributed by atoms with Gasteiger partial charge < -0.3 is 10.1 Å². The molecule has 154 valence electrons. The standard InChI is InChI=1S/C22H28N4O2S/c1-5-7-17(8-6-2)21(27)24-20-13-15(3)25-26(20)22-23-19(14-29-22)16-9-11-18(28-4)12-10-16/h9-14,17H,5-8H2,1-4H3,(H,24,27). The van der Waals surface area contributed by atoms with E-state index in [1.165, 1.54) is 11.3 Å². The van der Waals surface area contributed by atoms with E-state index in [4.69, 9.17) is 9.72 Å². The minimum atomic E-state index is 0.0276. The number of nitrogens with zero attached hydrogens (tertiary/aromatic N) is 3. The highest BCUT2D eigenvalue weighted by Crippen LogP contribution is 2.28. The van der Waals surface area contributed by atoms with Gasteiger partial charge in [0, 0.05) is 22.9 Å². The molecule has 0 aliphatic heterocycles. The van der Waals surface area contributed by atoms with Gasteiger partial charge in [0.1, 0.15) is 11.6 Å². The van der Waals surface area contributed by atoms with E-state index in [1.807, 2.05) is 42.6 Å². The molecule has 0 atom stereocenters. The van der Waals surface area contributed by atoms with E-state index in [0.717, 1.165) is 53.5 Å². The third-order valence-electron chi connectivity index (χ3n) is 4.79. The van der Waals surface area contributed by atoms with Crippen LogP contribution < -0.4 is 10.1 Å². The molecule has 2 aromatic heterocycles. The molecular formula is C22H28N4O2S. The van der Waals surface area contributed by atoms with Gasteiger partial charge in [-0.25, -0.2) is 4.98 Å². The first kappa shape index (κ1) is 21.0. The summed E-state index contributed by atoms with van der Waals surface area (Å²) in [5.74, 6) is 1.56. The van der Waals surface area contributed by atoms with Crippen molar-refractivity contribution >= 4 is 23.1 Å². The van der Waals surface area contributed by atoms with E-state index in [1.54, 1.807) is 11.8 Å². The number of hydrogen-bond donors (Lipinski definition) is 1. The van der Waals surface area contributed by atoms with Crippen LogP contribution in [0.5, 0.6) is 5.75 Å². The van der Waals surface area contributed by atoms with Crippen LogP contribution >= 0.6 is 11.3 Å². The zero-order chi connectivity index (χ0) is 20.8. The van der Waals surface area contributed by atoms with Crippen LogP contribution in [0.4, 0.5) is 5.82 Å². The van der Waals surface area contributed by atoms with E-state index in [-0.39, 0.29) is 11.8 Å². The first-order valence-corrected chi connectivity index (χ1v) is 10.9. The molecule has 0 unspecified atom stereocenters. The van der Waals surface area contributed by atoms with E-state index in [9.17, 15) is 4.79 Å². The van der Waals surface area contributed by atoms with Gasteiger partial charge >= 0.3 is 0 Å². The Kier molecular flexibility index (Phi) is 7.04. The summed E-state index contributed by atoms with van der Waals surface area (Å²) in [5, 5.41) is 10.3. The fourth-order valence-electron chi connectivity index (χ4n) is 3.32. The molecule has 1 aromatic carbocycles. The Morgan fingerprint density at radius 1 is 1.21 bits per heavy atom. The molecule has 0 fully saturated rings. The van der Waals surface area contributed by atoms with Gasteiger partial charge in [0.05, 0.1) is 18.5 Å². The normalized spacial score (nSPS) is 11.1. The lowest BCUT2D eigenvalue weighted by Gasteiger charge is -2.15. The van der Waals surface area contributed by atoms with E-state index < -0.39 is 0 Å². The highest BCUT2D eigenvalue weighted by molar-refractivity contribution is 7.12. The first-order valence-electron chi connectivity index (χ1n) is 10.0. The van der Waals surface area contributed by atoms with Gasteiger partial charge in [0.15, 0.2) is 0 Å². The second-order valence-electron chi connectivity index (χ2n) is 7.09. The number of aryl methyl sites for hydroxylation is 1. The second kappa shape index (κ2) is 9.69. The number of aromatic nitrogens is 3. The average Bonchev–Trinajstić information content (AvgIpc) is 3.34. The summed E-state index contributed by atoms with van der Waals surface area (Å²) in [6.45, 7) is 6.14. The van der Waals surface area contributed by atoms with E-state index in [0.29, 0.717) is 5.82 Å². The Hall–Kier alpha value is -2.67. The van der Waals surface area contributed by atoms with Gasteiger partial charge in [-0.15, -0.1) is 11.3 Å². The summed E-state index contributed by atoms with van der Waals surface area (Å²) >= 11 is 1.50. The minimum absolute atomic E-state index is 0.0276. The SMILES string of the molecule is CCCC(CCC)C(=O)Nc1cc(C)nn1-c1nc(-c2ccc(OC)cc2)cs1. The third kappa shape index (κ3) is 5.03. The van der Waals surface area contributed by atoms with E-state index in [2.05, 4.69) is 24.3 Å². The predicted octanol–water partition coefficient (Wildman–Crippen LogP) is 5.47. The molecule has 29 heavy (non-hydrogen) atoms. The van der Waals surface area contributed by atoms with Crippen molar-refractivity contribution in [2.24, 2.45) is 5.92 Å². The molecule has 1 amide bonds. The van der Waals surface area contributed by atoms with Crippen molar-refractivity contribution in [2.45, 2.75) is 46.5 Å². The zero-order valence-electron chi connectivity index (χ0n) is 17.4. The zero-order valence-corrected chi connectivity index (χ0v) is 18.3. The van der Waals surface area contributed by atoms with Crippen LogP contribution in [0.2, 0.25) is 0 Å². The molecule has 2 heterocycles. The van der Waals surface area contributed by atoms with Gasteiger partial charge in [-0.1, -0.05) is 26.7 Å². The number of thiazole rings is 1. The lowest BCUT2D eigenvalue weighted by molar-refractivity contribution is -0.120. The number of ether oxygens (including phenoxy) is 1. The summed E-state index contributed by atoms with van der Waals surface area (Å²) in [4.78, 5) is 17.5. The van der Waals surface area contributed by atoms with Gasteiger partial charge in [-0.05, 0) is 44.0 Å². The predicted molar refractivity (Wildman–Crippen MR) is 118 cm³/mol. The molecule has 0 saturated heterocycles. The molecule has 0 aliphatic rings. The van der Waals surface area contributed by atoms with Crippen molar-refractivity contribution in [3.05, 3.63) is 41.4 Å². The van der Waals surface area contributed by atoms with Crippen molar-refractivity contribution < 1.29 is 9.53 Å². The first-order chi connectivity index (χ1) is 14.0. The summed E-state index contributed by atoms with van der Waals surface area (Å²) in [6, 6.07) is 9.68. The lowest BCUT2D eigenvalue weighted by Crippen LogP contribution is -2.24. The Morgan fingerprint density at radius 2 is 1.90 bits per heavy atom. The maximum Gasteiger partial charge on any atom is 0.228 e. The number of rotatable bonds is 9. The number of carbonyl (C=O) groups is 1. The van der Waals surface area contributed by atoms with Crippen LogP contribution in [-0.2, 0) is 4.79 Å². The number of amides is 1. The van der Waals surface area contributed by atoms with Gasteiger partial charge in [-0.3, -0.25) is 4.79 Å². The summed E-state index contributed by atoms with van der Waals surface area (Å²) in [7, 11) is 1.65. The number of nitrogens with one attached hydrogen (secondary N) is 1. The van der Waals surface area contributed by atoms with Crippen molar-refractivity contribution in [1.29, 1.82) is 0 Å². The number of carbonyl (C=O) groups excluding carboxylic acids is 1. The van der Waals surface area contributed by atoms with Crippen molar-refractivity contribution in [3.63, 3.8) is 0 Å². The fourth-order valence-corrected chi connectivity index (χ4v) is 4.12. The summed E-state index contributed by atoms with van der Waals surface area (Å²) in [6.07, 6.45) is 3.78. The quantitative estimate of drug-likeness (QED) is 0.506. The average molecular weight is 413 g/mol. The molecule has 3 rings (SSSR count). The topological polar surface area (TPSA) is 69.0 Å². The molecule has 7 heteroatoms. The van der Waals surface area contributed by atoms with E-state index >= 15 is 0 Å². The number of benzene rings is 1. The Bertz CT molecular complexity index is 940. The van der Waals surface area contributed by atoms with Crippen molar-refractivity contribution in [1.82, 2.24) is 14.8 Å². The maximum atomic E-state index is 12.8. The van der Waals surface area contributed by atoms with Crippen LogP contribution in [0.1, 0.15) is 45.2 Å². The van der Waals surface area contributed by atoms with Gasteiger partial charge in [0.2, 0.25) is 11.0 Å². The molecule has 0 saturated carbocycles. The lowest BCUT2D eigenvalue weighted by atomic mass is 9.97. The van der Waals surface area contributed by atoms with Crippen LogP contribution in [0.3, 0.4) is 0 Å². The Labute approximate surface area is 175 Å². The summed E-state index contributed by atoms with van der Waals surface area (Å²) < 4.78 is 6.94. The summed E-state index contributed by atoms with van der Waals surface area (Å²) in [5.41, 5.74) is 2.71. The van der Waals surface area contributed by atoms with Gasteiger partial charge in [-0.2, -0.15) is 9.78 Å². The van der Waals surface area contributed by atoms with Crippen LogP contribution in [-0.4, -0.2) is 27.8 Å². The smallest absolute Gasteiger partial charge is 0.228 e. The van der Waals surface area contributed by atoms with Crippen LogP contribution in [0.25, 0.3) is 16.4 Å². The molecule has 6 nitrogen and oxygen atoms in total. The third-order valence-corrected chi connectivity index (χ3v) is 5.60. The molecule has 0 radical (unpaired) electrons. The number of hydrogen-bond acceptors (Lipinski definition) is 5. The van der Waals surface area contributed by atoms with Crippen LogP contribution in [0.15, 0.2) is 35.7 Å². The Morgan fingerprint density at radius 3 is 2.52 bits per heavy atom. The second-order valence-corrected chi connectivity index (χ2v) is 7.93. The molecule has 0 spiro atoms. The molecule has 3 aromatic rings. The molecular weight excluding hydrogens is 384 g/mol. The Balaban J connectivity index is 1.83.